The second-order valence-electron chi connectivity index (χ2n) is 3.94. The van der Waals surface area contributed by atoms with Gasteiger partial charge in [0.1, 0.15) is 5.82 Å². The monoisotopic (exact) mass is 189 g/mol. The van der Waals surface area contributed by atoms with Gasteiger partial charge in [0.15, 0.2) is 0 Å². The predicted molar refractivity (Wildman–Crippen MR) is 57.4 cm³/mol. The molecule has 3 nitrogen and oxygen atoms in total. The van der Waals surface area contributed by atoms with Crippen molar-refractivity contribution in [1.82, 2.24) is 9.97 Å². The van der Waals surface area contributed by atoms with E-state index in [9.17, 15) is 0 Å². The third kappa shape index (κ3) is 1.92. The van der Waals surface area contributed by atoms with Crippen molar-refractivity contribution in [3.8, 4) is 0 Å². The van der Waals surface area contributed by atoms with Gasteiger partial charge in [-0.05, 0) is 30.8 Å². The molecule has 2 N–H and O–H groups in total. The van der Waals surface area contributed by atoms with E-state index in [1.807, 2.05) is 0 Å². The SMILES string of the molecule is CC1CC=C(c2cnc(N)cn2)CC1. The lowest BCUT2D eigenvalue weighted by Crippen LogP contribution is -2.03. The van der Waals surface area contributed by atoms with Crippen molar-refractivity contribution in [2.75, 3.05) is 5.73 Å². The Labute approximate surface area is 84.1 Å². The van der Waals surface area contributed by atoms with E-state index in [1.165, 1.54) is 12.0 Å². The standard InChI is InChI=1S/C11H15N3/c1-8-2-4-9(5-3-8)10-6-14-11(12)7-13-10/h4,6-8H,2-3,5H2,1H3,(H2,12,14). The molecule has 0 saturated heterocycles. The van der Waals surface area contributed by atoms with Crippen LogP contribution in [-0.2, 0) is 0 Å². The summed E-state index contributed by atoms with van der Waals surface area (Å²) in [5.74, 6) is 1.29. The lowest BCUT2D eigenvalue weighted by molar-refractivity contribution is 0.533. The zero-order valence-electron chi connectivity index (χ0n) is 8.40. The Hall–Kier alpha value is -1.38. The number of allylic oxidation sites excluding steroid dienone is 2. The molecule has 0 aliphatic heterocycles. The highest BCUT2D eigenvalue weighted by Gasteiger charge is 2.12. The van der Waals surface area contributed by atoms with Crippen LogP contribution in [0.25, 0.3) is 5.57 Å². The Morgan fingerprint density at radius 3 is 2.79 bits per heavy atom. The summed E-state index contributed by atoms with van der Waals surface area (Å²) >= 11 is 0. The van der Waals surface area contributed by atoms with Gasteiger partial charge in [-0.15, -0.1) is 0 Å². The minimum atomic E-state index is 0.485. The van der Waals surface area contributed by atoms with Gasteiger partial charge in [-0.1, -0.05) is 13.0 Å². The smallest absolute Gasteiger partial charge is 0.141 e. The van der Waals surface area contributed by atoms with Gasteiger partial charge >= 0.3 is 0 Å². The van der Waals surface area contributed by atoms with E-state index in [0.29, 0.717) is 5.82 Å². The molecule has 0 radical (unpaired) electrons. The molecular formula is C11H15N3. The van der Waals surface area contributed by atoms with Crippen molar-refractivity contribution in [3.63, 3.8) is 0 Å². The van der Waals surface area contributed by atoms with Crippen LogP contribution in [0.1, 0.15) is 31.9 Å². The van der Waals surface area contributed by atoms with Gasteiger partial charge in [-0.2, -0.15) is 0 Å². The minimum Gasteiger partial charge on any atom is -0.382 e. The number of anilines is 1. The fourth-order valence-electron chi connectivity index (χ4n) is 1.70. The first-order valence-corrected chi connectivity index (χ1v) is 5.02. The van der Waals surface area contributed by atoms with Gasteiger partial charge in [-0.3, -0.25) is 4.98 Å². The Bertz CT molecular complexity index is 340. The summed E-state index contributed by atoms with van der Waals surface area (Å²) in [6, 6.07) is 0. The van der Waals surface area contributed by atoms with Crippen molar-refractivity contribution in [1.29, 1.82) is 0 Å². The van der Waals surface area contributed by atoms with Crippen LogP contribution in [0, 0.1) is 5.92 Å². The number of nitrogens with two attached hydrogens (primary N) is 1. The van der Waals surface area contributed by atoms with E-state index in [-0.39, 0.29) is 0 Å². The molecule has 1 aromatic rings. The molecule has 3 heteroatoms. The average Bonchev–Trinajstić information content (AvgIpc) is 2.21. The van der Waals surface area contributed by atoms with Gasteiger partial charge in [0.05, 0.1) is 18.1 Å². The van der Waals surface area contributed by atoms with Gasteiger partial charge in [-0.25, -0.2) is 4.98 Å². The molecule has 0 saturated carbocycles. The highest BCUT2D eigenvalue weighted by Crippen LogP contribution is 2.28. The second kappa shape index (κ2) is 3.78. The Kier molecular flexibility index (Phi) is 2.48. The fraction of sp³-hybridized carbons (Fsp3) is 0.455. The zero-order chi connectivity index (χ0) is 9.97. The summed E-state index contributed by atoms with van der Waals surface area (Å²) in [5.41, 5.74) is 7.78. The van der Waals surface area contributed by atoms with Crippen molar-refractivity contribution in [2.24, 2.45) is 5.92 Å². The molecule has 1 atom stereocenters. The van der Waals surface area contributed by atoms with E-state index in [2.05, 4.69) is 23.0 Å². The number of nitrogens with zero attached hydrogens (tertiary/aromatic N) is 2. The number of rotatable bonds is 1. The summed E-state index contributed by atoms with van der Waals surface area (Å²) in [7, 11) is 0. The number of nitrogen functional groups attached to an aromatic ring is 1. The molecule has 1 heterocycles. The van der Waals surface area contributed by atoms with Crippen LogP contribution in [0.4, 0.5) is 5.82 Å². The fourth-order valence-corrected chi connectivity index (χ4v) is 1.70. The van der Waals surface area contributed by atoms with E-state index in [4.69, 9.17) is 5.73 Å². The molecule has 74 valence electrons. The lowest BCUT2D eigenvalue weighted by atomic mass is 9.90. The van der Waals surface area contributed by atoms with Crippen LogP contribution in [0.2, 0.25) is 0 Å². The molecular weight excluding hydrogens is 174 g/mol. The summed E-state index contributed by atoms with van der Waals surface area (Å²) < 4.78 is 0. The summed E-state index contributed by atoms with van der Waals surface area (Å²) in [4.78, 5) is 8.32. The average molecular weight is 189 g/mol. The third-order valence-corrected chi connectivity index (χ3v) is 2.67. The first kappa shape index (κ1) is 9.19. The molecule has 1 aromatic heterocycles. The molecule has 1 aliphatic carbocycles. The van der Waals surface area contributed by atoms with E-state index in [0.717, 1.165) is 24.5 Å². The topological polar surface area (TPSA) is 51.8 Å². The van der Waals surface area contributed by atoms with Crippen LogP contribution in [-0.4, -0.2) is 9.97 Å². The Balaban J connectivity index is 2.19. The molecule has 1 unspecified atom stereocenters. The van der Waals surface area contributed by atoms with Gasteiger partial charge < -0.3 is 5.73 Å². The molecule has 0 spiro atoms. The maximum atomic E-state index is 5.49. The number of hydrogen-bond acceptors (Lipinski definition) is 3. The summed E-state index contributed by atoms with van der Waals surface area (Å²) in [5, 5.41) is 0. The second-order valence-corrected chi connectivity index (χ2v) is 3.94. The van der Waals surface area contributed by atoms with Gasteiger partial charge in [0.2, 0.25) is 0 Å². The minimum absolute atomic E-state index is 0.485. The largest absolute Gasteiger partial charge is 0.382 e. The van der Waals surface area contributed by atoms with Crippen LogP contribution >= 0.6 is 0 Å². The number of aromatic nitrogens is 2. The first-order chi connectivity index (χ1) is 6.75. The maximum Gasteiger partial charge on any atom is 0.141 e. The summed E-state index contributed by atoms with van der Waals surface area (Å²) in [6.45, 7) is 2.28. The van der Waals surface area contributed by atoms with E-state index < -0.39 is 0 Å². The van der Waals surface area contributed by atoms with Gasteiger partial charge in [0, 0.05) is 0 Å². The summed E-state index contributed by atoms with van der Waals surface area (Å²) in [6.07, 6.45) is 9.17. The molecule has 0 bridgehead atoms. The van der Waals surface area contributed by atoms with Crippen LogP contribution < -0.4 is 5.73 Å². The van der Waals surface area contributed by atoms with Crippen molar-refractivity contribution in [3.05, 3.63) is 24.2 Å². The lowest BCUT2D eigenvalue weighted by Gasteiger charge is -2.17. The van der Waals surface area contributed by atoms with Crippen molar-refractivity contribution >= 4 is 11.4 Å². The van der Waals surface area contributed by atoms with Crippen LogP contribution in [0.15, 0.2) is 18.5 Å². The van der Waals surface area contributed by atoms with E-state index in [1.54, 1.807) is 12.4 Å². The molecule has 2 rings (SSSR count). The highest BCUT2D eigenvalue weighted by atomic mass is 14.9. The van der Waals surface area contributed by atoms with Crippen LogP contribution in [0.5, 0.6) is 0 Å². The zero-order valence-corrected chi connectivity index (χ0v) is 8.40. The predicted octanol–water partition coefficient (Wildman–Crippen LogP) is 2.26. The van der Waals surface area contributed by atoms with E-state index >= 15 is 0 Å². The molecule has 14 heavy (non-hydrogen) atoms. The maximum absolute atomic E-state index is 5.49. The molecule has 0 amide bonds. The molecule has 0 fully saturated rings. The number of hydrogen-bond donors (Lipinski definition) is 1. The van der Waals surface area contributed by atoms with Crippen molar-refractivity contribution < 1.29 is 0 Å². The van der Waals surface area contributed by atoms with Crippen molar-refractivity contribution in [2.45, 2.75) is 26.2 Å². The molecule has 0 aromatic carbocycles. The Morgan fingerprint density at radius 2 is 2.21 bits per heavy atom. The Morgan fingerprint density at radius 1 is 1.36 bits per heavy atom. The van der Waals surface area contributed by atoms with Gasteiger partial charge in [0.25, 0.3) is 0 Å². The molecule has 1 aliphatic rings. The normalized spacial score (nSPS) is 21.8. The van der Waals surface area contributed by atoms with Crippen LogP contribution in [0.3, 0.4) is 0 Å². The highest BCUT2D eigenvalue weighted by molar-refractivity contribution is 5.62. The third-order valence-electron chi connectivity index (χ3n) is 2.67. The first-order valence-electron chi connectivity index (χ1n) is 5.02. The quantitative estimate of drug-likeness (QED) is 0.737.